The van der Waals surface area contributed by atoms with Crippen molar-refractivity contribution in [1.29, 1.82) is 0 Å². The van der Waals surface area contributed by atoms with Gasteiger partial charge in [0.05, 0.1) is 14.2 Å². The predicted molar refractivity (Wildman–Crippen MR) is 84.6 cm³/mol. The third kappa shape index (κ3) is 4.89. The van der Waals surface area contributed by atoms with E-state index in [1.54, 1.807) is 14.2 Å². The number of rotatable bonds is 9. The summed E-state index contributed by atoms with van der Waals surface area (Å²) in [7, 11) is 3.33. The van der Waals surface area contributed by atoms with Gasteiger partial charge in [0.2, 0.25) is 0 Å². The highest BCUT2D eigenvalue weighted by atomic mass is 16.5. The summed E-state index contributed by atoms with van der Waals surface area (Å²) in [4.78, 5) is 0. The molecule has 0 fully saturated rings. The summed E-state index contributed by atoms with van der Waals surface area (Å²) >= 11 is 0. The number of nitrogens with one attached hydrogen (secondary N) is 1. The van der Waals surface area contributed by atoms with Gasteiger partial charge in [-0.25, -0.2) is 0 Å². The second-order valence-corrected chi connectivity index (χ2v) is 5.12. The summed E-state index contributed by atoms with van der Waals surface area (Å²) < 4.78 is 10.7. The highest BCUT2D eigenvalue weighted by Gasteiger charge is 2.13. The van der Waals surface area contributed by atoms with E-state index in [1.165, 1.54) is 11.1 Å². The largest absolute Gasteiger partial charge is 0.493 e. The van der Waals surface area contributed by atoms with Crippen LogP contribution < -0.4 is 14.8 Å². The van der Waals surface area contributed by atoms with Crippen LogP contribution in [-0.2, 0) is 0 Å². The van der Waals surface area contributed by atoms with Crippen LogP contribution in [0.3, 0.4) is 0 Å². The van der Waals surface area contributed by atoms with Gasteiger partial charge >= 0.3 is 0 Å². The average molecular weight is 277 g/mol. The smallest absolute Gasteiger partial charge is 0.161 e. The fourth-order valence-corrected chi connectivity index (χ4v) is 2.17. The minimum absolute atomic E-state index is 0.325. The van der Waals surface area contributed by atoms with E-state index in [-0.39, 0.29) is 0 Å². The molecule has 0 amide bonds. The van der Waals surface area contributed by atoms with Gasteiger partial charge in [-0.1, -0.05) is 18.6 Å². The van der Waals surface area contributed by atoms with Gasteiger partial charge in [0.1, 0.15) is 0 Å². The first kappa shape index (κ1) is 16.6. The Bertz CT molecular complexity index is 429. The van der Waals surface area contributed by atoms with E-state index < -0.39 is 0 Å². The number of benzene rings is 1. The van der Waals surface area contributed by atoms with E-state index in [9.17, 15) is 0 Å². The van der Waals surface area contributed by atoms with Gasteiger partial charge in [0, 0.05) is 6.04 Å². The van der Waals surface area contributed by atoms with Crippen molar-refractivity contribution in [2.75, 3.05) is 20.8 Å². The zero-order valence-electron chi connectivity index (χ0n) is 13.2. The molecule has 3 nitrogen and oxygen atoms in total. The zero-order chi connectivity index (χ0) is 15.0. The molecule has 0 heterocycles. The van der Waals surface area contributed by atoms with Gasteiger partial charge in [-0.05, 0) is 50.4 Å². The third-order valence-corrected chi connectivity index (χ3v) is 3.31. The topological polar surface area (TPSA) is 30.5 Å². The van der Waals surface area contributed by atoms with Gasteiger partial charge in [0.15, 0.2) is 11.5 Å². The first-order valence-electron chi connectivity index (χ1n) is 7.22. The van der Waals surface area contributed by atoms with Crippen molar-refractivity contribution in [3.8, 4) is 11.5 Å². The molecule has 1 unspecified atom stereocenters. The van der Waals surface area contributed by atoms with Crippen LogP contribution in [0.5, 0.6) is 11.5 Å². The normalized spacial score (nSPS) is 12.0. The van der Waals surface area contributed by atoms with Crippen molar-refractivity contribution in [3.63, 3.8) is 0 Å². The van der Waals surface area contributed by atoms with Crippen LogP contribution in [0.1, 0.15) is 44.7 Å². The van der Waals surface area contributed by atoms with Gasteiger partial charge in [0.25, 0.3) is 0 Å². The van der Waals surface area contributed by atoms with Gasteiger partial charge < -0.3 is 14.8 Å². The first-order valence-corrected chi connectivity index (χ1v) is 7.22. The van der Waals surface area contributed by atoms with E-state index >= 15 is 0 Å². The van der Waals surface area contributed by atoms with Gasteiger partial charge in [-0.3, -0.25) is 0 Å². The molecule has 0 aliphatic rings. The Morgan fingerprint density at radius 2 is 1.95 bits per heavy atom. The van der Waals surface area contributed by atoms with E-state index in [0.717, 1.165) is 37.3 Å². The Kier molecular flexibility index (Phi) is 7.16. The molecule has 112 valence electrons. The molecule has 3 heteroatoms. The number of allylic oxidation sites excluding steroid dienone is 1. The Morgan fingerprint density at radius 3 is 2.50 bits per heavy atom. The molecule has 0 aliphatic heterocycles. The molecule has 0 radical (unpaired) electrons. The molecular weight excluding hydrogens is 250 g/mol. The maximum atomic E-state index is 5.39. The highest BCUT2D eigenvalue weighted by molar-refractivity contribution is 5.43. The molecule has 0 saturated heterocycles. The molecule has 0 aliphatic carbocycles. The summed E-state index contributed by atoms with van der Waals surface area (Å²) in [6, 6.07) is 6.46. The Hall–Kier alpha value is -1.48. The first-order chi connectivity index (χ1) is 9.62. The van der Waals surface area contributed by atoms with Crippen LogP contribution in [0.2, 0.25) is 0 Å². The number of methoxy groups -OCH3 is 2. The fraction of sp³-hybridized carbons (Fsp3) is 0.529. The Balaban J connectivity index is 2.90. The molecule has 1 atom stereocenters. The number of hydrogen-bond donors (Lipinski definition) is 1. The minimum atomic E-state index is 0.325. The highest BCUT2D eigenvalue weighted by Crippen LogP contribution is 2.31. The molecule has 0 bridgehead atoms. The van der Waals surface area contributed by atoms with Crippen LogP contribution in [0.25, 0.3) is 0 Å². The van der Waals surface area contributed by atoms with Crippen molar-refractivity contribution in [2.24, 2.45) is 0 Å². The second kappa shape index (κ2) is 8.64. The van der Waals surface area contributed by atoms with E-state index in [2.05, 4.69) is 37.9 Å². The van der Waals surface area contributed by atoms with Gasteiger partial charge in [-0.2, -0.15) is 0 Å². The Morgan fingerprint density at radius 1 is 1.25 bits per heavy atom. The van der Waals surface area contributed by atoms with Crippen molar-refractivity contribution in [3.05, 3.63) is 35.9 Å². The standard InChI is InChI=1S/C17H27NO2/c1-6-11-18-15(9-7-13(2)3)14-8-10-16(19-4)17(12-14)20-5/h8,10,12,15,18H,2,6-7,9,11H2,1,3-5H3. The molecule has 1 rings (SSSR count). The maximum absolute atomic E-state index is 5.39. The molecule has 20 heavy (non-hydrogen) atoms. The van der Waals surface area contributed by atoms with Crippen LogP contribution in [-0.4, -0.2) is 20.8 Å². The summed E-state index contributed by atoms with van der Waals surface area (Å²) in [6.07, 6.45) is 3.19. The molecule has 0 aromatic heterocycles. The summed E-state index contributed by atoms with van der Waals surface area (Å²) in [6.45, 7) is 9.25. The number of ether oxygens (including phenoxy) is 2. The minimum Gasteiger partial charge on any atom is -0.493 e. The lowest BCUT2D eigenvalue weighted by atomic mass is 9.99. The van der Waals surface area contributed by atoms with Crippen LogP contribution >= 0.6 is 0 Å². The van der Waals surface area contributed by atoms with Crippen LogP contribution in [0.4, 0.5) is 0 Å². The van der Waals surface area contributed by atoms with E-state index in [1.807, 2.05) is 6.07 Å². The van der Waals surface area contributed by atoms with Gasteiger partial charge in [-0.15, -0.1) is 6.58 Å². The monoisotopic (exact) mass is 277 g/mol. The third-order valence-electron chi connectivity index (χ3n) is 3.31. The van der Waals surface area contributed by atoms with E-state index in [0.29, 0.717) is 6.04 Å². The molecule has 1 aromatic carbocycles. The lowest BCUT2D eigenvalue weighted by Gasteiger charge is -2.20. The van der Waals surface area contributed by atoms with Crippen molar-refractivity contribution in [2.45, 2.75) is 39.2 Å². The summed E-state index contributed by atoms with van der Waals surface area (Å²) in [5, 5.41) is 3.59. The average Bonchev–Trinajstić information content (AvgIpc) is 2.46. The molecule has 1 aromatic rings. The van der Waals surface area contributed by atoms with Crippen LogP contribution in [0.15, 0.2) is 30.4 Å². The Labute approximate surface area is 123 Å². The fourth-order valence-electron chi connectivity index (χ4n) is 2.17. The maximum Gasteiger partial charge on any atom is 0.161 e. The quantitative estimate of drug-likeness (QED) is 0.689. The lowest BCUT2D eigenvalue weighted by Crippen LogP contribution is -2.22. The zero-order valence-corrected chi connectivity index (χ0v) is 13.2. The molecular formula is C17H27NO2. The van der Waals surface area contributed by atoms with Crippen LogP contribution in [0, 0.1) is 0 Å². The predicted octanol–water partition coefficient (Wildman–Crippen LogP) is 4.10. The summed E-state index contributed by atoms with van der Waals surface area (Å²) in [5.74, 6) is 1.55. The number of hydrogen-bond acceptors (Lipinski definition) is 3. The molecule has 1 N–H and O–H groups in total. The summed E-state index contributed by atoms with van der Waals surface area (Å²) in [5.41, 5.74) is 2.45. The molecule has 0 saturated carbocycles. The van der Waals surface area contributed by atoms with Crippen molar-refractivity contribution in [1.82, 2.24) is 5.32 Å². The van der Waals surface area contributed by atoms with Crippen molar-refractivity contribution < 1.29 is 9.47 Å². The SMILES string of the molecule is C=C(C)CCC(NCCC)c1ccc(OC)c(OC)c1. The van der Waals surface area contributed by atoms with E-state index in [4.69, 9.17) is 9.47 Å². The molecule has 0 spiro atoms. The van der Waals surface area contributed by atoms with Crippen molar-refractivity contribution >= 4 is 0 Å². The second-order valence-electron chi connectivity index (χ2n) is 5.12. The lowest BCUT2D eigenvalue weighted by molar-refractivity contribution is 0.353.